The first-order chi connectivity index (χ1) is 13.5. The van der Waals surface area contributed by atoms with E-state index in [4.69, 9.17) is 9.47 Å². The molecule has 148 valence electrons. The molecule has 0 saturated carbocycles. The molecule has 1 fully saturated rings. The highest BCUT2D eigenvalue weighted by Crippen LogP contribution is 2.17. The second-order valence-corrected chi connectivity index (χ2v) is 6.77. The van der Waals surface area contributed by atoms with Crippen LogP contribution in [0.2, 0.25) is 0 Å². The zero-order valence-corrected chi connectivity index (χ0v) is 16.2. The highest BCUT2D eigenvalue weighted by molar-refractivity contribution is 5.97. The predicted molar refractivity (Wildman–Crippen MR) is 107 cm³/mol. The largest absolute Gasteiger partial charge is 0.497 e. The number of nitrogens with zero attached hydrogens (tertiary/aromatic N) is 2. The van der Waals surface area contributed by atoms with Gasteiger partial charge >= 0.3 is 6.09 Å². The van der Waals surface area contributed by atoms with Crippen LogP contribution in [0.25, 0.3) is 0 Å². The fourth-order valence-electron chi connectivity index (χ4n) is 2.93. The van der Waals surface area contributed by atoms with Crippen molar-refractivity contribution in [1.82, 2.24) is 9.80 Å². The van der Waals surface area contributed by atoms with Gasteiger partial charge < -0.3 is 14.4 Å². The number of ketones is 1. The Morgan fingerprint density at radius 1 is 0.929 bits per heavy atom. The van der Waals surface area contributed by atoms with E-state index < -0.39 is 6.09 Å². The molecule has 1 amide bonds. The highest BCUT2D eigenvalue weighted by atomic mass is 16.6. The number of ether oxygens (including phenoxy) is 2. The lowest BCUT2D eigenvalue weighted by Crippen LogP contribution is -2.46. The Labute approximate surface area is 164 Å². The number of rotatable bonds is 6. The molecule has 1 heterocycles. The van der Waals surface area contributed by atoms with Gasteiger partial charge in [0.05, 0.1) is 13.7 Å². The molecule has 7 nitrogen and oxygen atoms in total. The van der Waals surface area contributed by atoms with E-state index in [9.17, 15) is 9.59 Å². The molecular formula is C21H25N3O4. The molecule has 0 atom stereocenters. The SMILES string of the molecule is COc1ccc(NC(=O)Oc2ccc(C(=O)CN3CCN(C)CC3)cc2)cc1. The molecule has 0 aliphatic carbocycles. The number of piperazine rings is 1. The second kappa shape index (κ2) is 9.34. The second-order valence-electron chi connectivity index (χ2n) is 6.77. The monoisotopic (exact) mass is 383 g/mol. The van der Waals surface area contributed by atoms with E-state index in [2.05, 4.69) is 22.2 Å². The minimum atomic E-state index is -0.596. The molecule has 1 aliphatic heterocycles. The number of hydrogen-bond acceptors (Lipinski definition) is 6. The maximum atomic E-state index is 12.4. The standard InChI is InChI=1S/C21H25N3O4/c1-23-11-13-24(14-12-23)15-20(25)16-3-7-19(8-4-16)28-21(26)22-17-5-9-18(27-2)10-6-17/h3-10H,11-15H2,1-2H3,(H,22,26). The Kier molecular flexibility index (Phi) is 6.62. The summed E-state index contributed by atoms with van der Waals surface area (Å²) < 4.78 is 10.3. The number of nitrogens with one attached hydrogen (secondary N) is 1. The molecule has 0 radical (unpaired) electrons. The van der Waals surface area contributed by atoms with Crippen LogP contribution >= 0.6 is 0 Å². The molecule has 1 aliphatic rings. The number of methoxy groups -OCH3 is 1. The van der Waals surface area contributed by atoms with Gasteiger partial charge in [-0.05, 0) is 55.6 Å². The van der Waals surface area contributed by atoms with Crippen LogP contribution in [0.15, 0.2) is 48.5 Å². The summed E-state index contributed by atoms with van der Waals surface area (Å²) in [6.07, 6.45) is -0.596. The number of Topliss-reactive ketones (excluding diaryl/α,β-unsaturated/α-hetero) is 1. The third-order valence-corrected chi connectivity index (χ3v) is 4.69. The lowest BCUT2D eigenvalue weighted by atomic mass is 10.1. The van der Waals surface area contributed by atoms with Gasteiger partial charge in [-0.3, -0.25) is 15.0 Å². The normalized spacial score (nSPS) is 15.1. The Bertz CT molecular complexity index is 797. The third-order valence-electron chi connectivity index (χ3n) is 4.69. The fraction of sp³-hybridized carbons (Fsp3) is 0.333. The molecule has 0 unspecified atom stereocenters. The summed E-state index contributed by atoms with van der Waals surface area (Å²) in [7, 11) is 3.67. The quantitative estimate of drug-likeness (QED) is 0.774. The topological polar surface area (TPSA) is 71.1 Å². The lowest BCUT2D eigenvalue weighted by molar-refractivity contribution is 0.0876. The van der Waals surface area contributed by atoms with Crippen molar-refractivity contribution in [3.63, 3.8) is 0 Å². The molecule has 2 aromatic carbocycles. The van der Waals surface area contributed by atoms with Crippen molar-refractivity contribution in [2.24, 2.45) is 0 Å². The Balaban J connectivity index is 1.50. The summed E-state index contributed by atoms with van der Waals surface area (Å²) in [4.78, 5) is 28.9. The van der Waals surface area contributed by atoms with Gasteiger partial charge in [-0.2, -0.15) is 0 Å². The highest BCUT2D eigenvalue weighted by Gasteiger charge is 2.17. The van der Waals surface area contributed by atoms with Crippen LogP contribution < -0.4 is 14.8 Å². The molecule has 2 aromatic rings. The fourth-order valence-corrected chi connectivity index (χ4v) is 2.93. The van der Waals surface area contributed by atoms with Gasteiger partial charge in [-0.15, -0.1) is 0 Å². The summed E-state index contributed by atoms with van der Waals surface area (Å²) in [5, 5.41) is 2.64. The predicted octanol–water partition coefficient (Wildman–Crippen LogP) is 2.74. The zero-order chi connectivity index (χ0) is 19.9. The average Bonchev–Trinajstić information content (AvgIpc) is 2.71. The van der Waals surface area contributed by atoms with Gasteiger partial charge in [0.25, 0.3) is 0 Å². The van der Waals surface area contributed by atoms with E-state index in [1.54, 1.807) is 55.6 Å². The van der Waals surface area contributed by atoms with E-state index in [1.807, 2.05) is 0 Å². The van der Waals surface area contributed by atoms with Crippen molar-refractivity contribution >= 4 is 17.6 Å². The molecule has 1 N–H and O–H groups in total. The summed E-state index contributed by atoms with van der Waals surface area (Å²) in [5.74, 6) is 1.15. The number of carbonyl (C=O) groups excluding carboxylic acids is 2. The van der Waals surface area contributed by atoms with Crippen LogP contribution in [-0.2, 0) is 0 Å². The molecule has 0 aromatic heterocycles. The first-order valence-electron chi connectivity index (χ1n) is 9.20. The van der Waals surface area contributed by atoms with Gasteiger partial charge in [0.1, 0.15) is 11.5 Å². The van der Waals surface area contributed by atoms with Crippen molar-refractivity contribution < 1.29 is 19.1 Å². The van der Waals surface area contributed by atoms with Gasteiger partial charge in [0.15, 0.2) is 5.78 Å². The summed E-state index contributed by atoms with van der Waals surface area (Å²) in [6, 6.07) is 13.6. The van der Waals surface area contributed by atoms with Crippen molar-refractivity contribution in [3.8, 4) is 11.5 Å². The van der Waals surface area contributed by atoms with Gasteiger partial charge in [-0.25, -0.2) is 4.79 Å². The third kappa shape index (κ3) is 5.55. The minimum absolute atomic E-state index is 0.0683. The number of amides is 1. The van der Waals surface area contributed by atoms with E-state index in [0.29, 0.717) is 29.3 Å². The first-order valence-corrected chi connectivity index (χ1v) is 9.20. The lowest BCUT2D eigenvalue weighted by Gasteiger charge is -2.31. The van der Waals surface area contributed by atoms with Crippen molar-refractivity contribution in [3.05, 3.63) is 54.1 Å². The number of likely N-dealkylation sites (N-methyl/N-ethyl adjacent to an activating group) is 1. The number of anilines is 1. The maximum Gasteiger partial charge on any atom is 0.417 e. The molecule has 28 heavy (non-hydrogen) atoms. The Morgan fingerprint density at radius 3 is 2.14 bits per heavy atom. The molecule has 1 saturated heterocycles. The van der Waals surface area contributed by atoms with E-state index in [-0.39, 0.29) is 5.78 Å². The molecule has 3 rings (SSSR count). The Hall–Kier alpha value is -2.90. The molecule has 7 heteroatoms. The van der Waals surface area contributed by atoms with Gasteiger partial charge in [0, 0.05) is 37.4 Å². The molecular weight excluding hydrogens is 358 g/mol. The van der Waals surface area contributed by atoms with Crippen LogP contribution in [0.3, 0.4) is 0 Å². The van der Waals surface area contributed by atoms with Crippen LogP contribution in [0.1, 0.15) is 10.4 Å². The van der Waals surface area contributed by atoms with Crippen molar-refractivity contribution in [2.75, 3.05) is 52.2 Å². The average molecular weight is 383 g/mol. The Morgan fingerprint density at radius 2 is 1.54 bits per heavy atom. The van der Waals surface area contributed by atoms with Gasteiger partial charge in [-0.1, -0.05) is 0 Å². The zero-order valence-electron chi connectivity index (χ0n) is 16.2. The number of benzene rings is 2. The van der Waals surface area contributed by atoms with E-state index >= 15 is 0 Å². The van der Waals surface area contributed by atoms with Crippen LogP contribution in [0, 0.1) is 0 Å². The first kappa shape index (κ1) is 19.9. The minimum Gasteiger partial charge on any atom is -0.497 e. The van der Waals surface area contributed by atoms with Gasteiger partial charge in [0.2, 0.25) is 0 Å². The smallest absolute Gasteiger partial charge is 0.417 e. The van der Waals surface area contributed by atoms with Crippen molar-refractivity contribution in [1.29, 1.82) is 0 Å². The number of hydrogen-bond donors (Lipinski definition) is 1. The van der Waals surface area contributed by atoms with Crippen LogP contribution in [0.5, 0.6) is 11.5 Å². The summed E-state index contributed by atoms with van der Waals surface area (Å²) >= 11 is 0. The number of carbonyl (C=O) groups is 2. The van der Waals surface area contributed by atoms with Crippen molar-refractivity contribution in [2.45, 2.75) is 0 Å². The van der Waals surface area contributed by atoms with E-state index in [1.165, 1.54) is 0 Å². The molecule has 0 spiro atoms. The molecule has 0 bridgehead atoms. The van der Waals surface area contributed by atoms with E-state index in [0.717, 1.165) is 26.2 Å². The van der Waals surface area contributed by atoms with Crippen LogP contribution in [0.4, 0.5) is 10.5 Å². The summed E-state index contributed by atoms with van der Waals surface area (Å²) in [6.45, 7) is 4.16. The van der Waals surface area contributed by atoms with Crippen LogP contribution in [-0.4, -0.2) is 68.6 Å². The maximum absolute atomic E-state index is 12.4. The summed E-state index contributed by atoms with van der Waals surface area (Å²) in [5.41, 5.74) is 1.21.